The lowest BCUT2D eigenvalue weighted by Crippen LogP contribution is -2.04. The molecular weight excluding hydrogens is 472 g/mol. The number of H-pyrrole nitrogens is 1. The molecule has 3 N–H and O–H groups in total. The first-order valence-electron chi connectivity index (χ1n) is 8.71. The quantitative estimate of drug-likeness (QED) is 0.211. The number of imidazole rings is 1. The Morgan fingerprint density at radius 2 is 1.61 bits per heavy atom. The summed E-state index contributed by atoms with van der Waals surface area (Å²) in [6.45, 7) is 0. The first-order valence-corrected chi connectivity index (χ1v) is 10.7. The largest absolute Gasteiger partial charge is 0.416 e. The molecule has 0 saturated carbocycles. The summed E-state index contributed by atoms with van der Waals surface area (Å²) in [6, 6.07) is 9.73. The fourth-order valence-corrected chi connectivity index (χ4v) is 3.59. The highest BCUT2D eigenvalue weighted by molar-refractivity contribution is 7.98. The molecule has 31 heavy (non-hydrogen) atoms. The summed E-state index contributed by atoms with van der Waals surface area (Å²) in [5, 5.41) is 7.30. The molecule has 0 aliphatic rings. The van der Waals surface area contributed by atoms with E-state index in [9.17, 15) is 13.2 Å². The number of benzene rings is 2. The molecule has 12 heteroatoms. The van der Waals surface area contributed by atoms with Crippen LogP contribution in [0.15, 0.2) is 47.6 Å². The molecule has 2 aromatic heterocycles. The number of aromatic nitrogens is 4. The van der Waals surface area contributed by atoms with E-state index in [2.05, 4.69) is 30.6 Å². The highest BCUT2D eigenvalue weighted by atomic mass is 35.5. The second-order valence-corrected chi connectivity index (χ2v) is 7.85. The maximum absolute atomic E-state index is 12.8. The van der Waals surface area contributed by atoms with Gasteiger partial charge >= 0.3 is 6.18 Å². The Kier molecular flexibility index (Phi) is 5.87. The van der Waals surface area contributed by atoms with Gasteiger partial charge in [0.15, 0.2) is 16.6 Å². The van der Waals surface area contributed by atoms with Gasteiger partial charge in [-0.15, -0.1) is 0 Å². The van der Waals surface area contributed by atoms with Gasteiger partial charge in [0.2, 0.25) is 5.95 Å². The highest BCUT2D eigenvalue weighted by Gasteiger charge is 2.30. The van der Waals surface area contributed by atoms with Gasteiger partial charge < -0.3 is 15.6 Å². The van der Waals surface area contributed by atoms with E-state index in [1.54, 1.807) is 24.5 Å². The average Bonchev–Trinajstić information content (AvgIpc) is 3.13. The van der Waals surface area contributed by atoms with E-state index in [0.29, 0.717) is 49.5 Å². The predicted octanol–water partition coefficient (Wildman–Crippen LogP) is 6.89. The summed E-state index contributed by atoms with van der Waals surface area (Å²) < 4.78 is 38.4. The zero-order valence-electron chi connectivity index (χ0n) is 15.7. The fourth-order valence-electron chi connectivity index (χ4n) is 2.73. The van der Waals surface area contributed by atoms with E-state index < -0.39 is 11.7 Å². The number of hydrogen-bond donors (Lipinski definition) is 3. The zero-order valence-corrected chi connectivity index (χ0v) is 18.0. The lowest BCUT2D eigenvalue weighted by molar-refractivity contribution is -0.137. The number of para-hydroxylation sites is 1. The third kappa shape index (κ3) is 4.65. The van der Waals surface area contributed by atoms with Crippen LogP contribution in [-0.4, -0.2) is 26.2 Å². The van der Waals surface area contributed by atoms with Crippen molar-refractivity contribution in [1.29, 1.82) is 0 Å². The topological polar surface area (TPSA) is 78.5 Å². The second-order valence-electron chi connectivity index (χ2n) is 6.26. The summed E-state index contributed by atoms with van der Waals surface area (Å²) in [5.74, 6) is 0.688. The summed E-state index contributed by atoms with van der Waals surface area (Å²) >= 11 is 13.7. The first kappa shape index (κ1) is 21.5. The minimum atomic E-state index is -4.41. The monoisotopic (exact) mass is 484 g/mol. The third-order valence-electron chi connectivity index (χ3n) is 4.19. The second kappa shape index (κ2) is 8.45. The van der Waals surface area contributed by atoms with Crippen molar-refractivity contribution >= 4 is 69.3 Å². The summed E-state index contributed by atoms with van der Waals surface area (Å²) in [5.41, 5.74) is 0.988. The zero-order chi connectivity index (χ0) is 22.2. The van der Waals surface area contributed by atoms with Gasteiger partial charge in [-0.25, -0.2) is 9.97 Å². The van der Waals surface area contributed by atoms with Crippen molar-refractivity contribution in [3.05, 3.63) is 58.1 Å². The van der Waals surface area contributed by atoms with Crippen molar-refractivity contribution in [3.63, 3.8) is 0 Å². The van der Waals surface area contributed by atoms with Crippen LogP contribution in [0.5, 0.6) is 0 Å². The molecule has 0 radical (unpaired) electrons. The molecular formula is C19H13Cl2F3N6S. The van der Waals surface area contributed by atoms with Gasteiger partial charge in [-0.3, -0.25) is 0 Å². The van der Waals surface area contributed by atoms with Crippen molar-refractivity contribution in [2.75, 3.05) is 16.9 Å². The SMILES string of the molecule is CSc1nc(Nc2ccc(C(F)(F)F)cc2)c2[nH]c(Nc3c(Cl)cccc3Cl)nc2n1. The number of hydrogen-bond acceptors (Lipinski definition) is 6. The van der Waals surface area contributed by atoms with Crippen molar-refractivity contribution in [3.8, 4) is 0 Å². The van der Waals surface area contributed by atoms with Crippen LogP contribution < -0.4 is 10.6 Å². The lowest BCUT2D eigenvalue weighted by atomic mass is 10.2. The van der Waals surface area contributed by atoms with E-state index in [1.165, 1.54) is 23.9 Å². The molecule has 4 aromatic rings. The molecule has 0 saturated heterocycles. The van der Waals surface area contributed by atoms with E-state index in [-0.39, 0.29) is 0 Å². The number of fused-ring (bicyclic) bond motifs is 1. The smallest absolute Gasteiger partial charge is 0.338 e. The van der Waals surface area contributed by atoms with Crippen LogP contribution >= 0.6 is 35.0 Å². The molecule has 2 heterocycles. The molecule has 0 spiro atoms. The molecule has 2 aromatic carbocycles. The first-order chi connectivity index (χ1) is 14.7. The number of nitrogens with one attached hydrogen (secondary N) is 3. The molecule has 160 valence electrons. The number of anilines is 4. The molecule has 0 aliphatic heterocycles. The van der Waals surface area contributed by atoms with Gasteiger partial charge in [0, 0.05) is 5.69 Å². The van der Waals surface area contributed by atoms with Crippen molar-refractivity contribution in [2.24, 2.45) is 0 Å². The Morgan fingerprint density at radius 3 is 2.23 bits per heavy atom. The van der Waals surface area contributed by atoms with Crippen LogP contribution in [-0.2, 0) is 6.18 Å². The van der Waals surface area contributed by atoms with Crippen LogP contribution in [0.4, 0.5) is 36.3 Å². The molecule has 0 amide bonds. The van der Waals surface area contributed by atoms with Gasteiger partial charge in [-0.1, -0.05) is 41.0 Å². The predicted molar refractivity (Wildman–Crippen MR) is 118 cm³/mol. The molecule has 0 atom stereocenters. The van der Waals surface area contributed by atoms with Gasteiger partial charge in [-0.2, -0.15) is 18.2 Å². The van der Waals surface area contributed by atoms with Gasteiger partial charge in [-0.05, 0) is 42.7 Å². The van der Waals surface area contributed by atoms with Gasteiger partial charge in [0.25, 0.3) is 0 Å². The normalized spacial score (nSPS) is 11.7. The summed E-state index contributed by atoms with van der Waals surface area (Å²) in [6.07, 6.45) is -2.60. The highest BCUT2D eigenvalue weighted by Crippen LogP contribution is 2.34. The van der Waals surface area contributed by atoms with Crippen LogP contribution in [0.1, 0.15) is 5.56 Å². The Labute approximate surface area is 188 Å². The van der Waals surface area contributed by atoms with E-state index in [1.807, 2.05) is 0 Å². The number of thioether (sulfide) groups is 1. The number of rotatable bonds is 5. The van der Waals surface area contributed by atoms with Crippen molar-refractivity contribution < 1.29 is 13.2 Å². The number of alkyl halides is 3. The number of nitrogens with zero attached hydrogens (tertiary/aromatic N) is 3. The van der Waals surface area contributed by atoms with E-state index >= 15 is 0 Å². The van der Waals surface area contributed by atoms with Gasteiger partial charge in [0.1, 0.15) is 5.52 Å². The van der Waals surface area contributed by atoms with E-state index in [4.69, 9.17) is 23.2 Å². The van der Waals surface area contributed by atoms with Crippen LogP contribution in [0.25, 0.3) is 11.2 Å². The minimum Gasteiger partial charge on any atom is -0.338 e. The van der Waals surface area contributed by atoms with Crippen LogP contribution in [0, 0.1) is 0 Å². The Bertz CT molecular complexity index is 1220. The maximum atomic E-state index is 12.8. The molecule has 0 unspecified atom stereocenters. The number of halogens is 5. The fraction of sp³-hybridized carbons (Fsp3) is 0.105. The average molecular weight is 485 g/mol. The molecule has 0 bridgehead atoms. The lowest BCUT2D eigenvalue weighted by Gasteiger charge is -2.10. The van der Waals surface area contributed by atoms with Crippen molar-refractivity contribution in [2.45, 2.75) is 11.3 Å². The molecule has 4 rings (SSSR count). The Hall–Kier alpha value is -2.69. The number of aromatic amines is 1. The Morgan fingerprint density at radius 1 is 0.935 bits per heavy atom. The maximum Gasteiger partial charge on any atom is 0.416 e. The van der Waals surface area contributed by atoms with Crippen LogP contribution in [0.3, 0.4) is 0 Å². The van der Waals surface area contributed by atoms with Crippen molar-refractivity contribution in [1.82, 2.24) is 19.9 Å². The van der Waals surface area contributed by atoms with E-state index in [0.717, 1.165) is 12.1 Å². The third-order valence-corrected chi connectivity index (χ3v) is 5.37. The van der Waals surface area contributed by atoms with Crippen LogP contribution in [0.2, 0.25) is 10.0 Å². The minimum absolute atomic E-state index is 0.327. The summed E-state index contributed by atoms with van der Waals surface area (Å²) in [7, 11) is 0. The Balaban J connectivity index is 1.70. The standard InChI is InChI=1S/C19H13Cl2F3N6S/c1-31-18-29-15(25-10-7-5-9(6-8-10)19(22,23)24)14-16(30-18)28-17(27-14)26-13-11(20)3-2-4-12(13)21/h2-8H,1H3,(H3,25,26,27,28,29,30). The molecule has 6 nitrogen and oxygen atoms in total. The summed E-state index contributed by atoms with van der Waals surface area (Å²) in [4.78, 5) is 16.2. The molecule has 0 aliphatic carbocycles. The molecule has 0 fully saturated rings. The van der Waals surface area contributed by atoms with Gasteiger partial charge in [0.05, 0.1) is 21.3 Å².